The zero-order valence-corrected chi connectivity index (χ0v) is 44.8. The molecule has 0 N–H and O–H groups in total. The van der Waals surface area contributed by atoms with Gasteiger partial charge in [0.05, 0.1) is 12.2 Å². The van der Waals surface area contributed by atoms with E-state index in [1.54, 1.807) is 16.8 Å². The Morgan fingerprint density at radius 3 is 2.32 bits per heavy atom. The van der Waals surface area contributed by atoms with Gasteiger partial charge < -0.3 is 9.64 Å². The maximum Gasteiger partial charge on any atom is 0.0797 e. The van der Waals surface area contributed by atoms with E-state index >= 15 is 0 Å². The smallest absolute Gasteiger partial charge is 0.0797 e. The number of nitrogens with zero attached hydrogens (tertiary/aromatic N) is 2. The highest BCUT2D eigenvalue weighted by atomic mass is 16.5. The van der Waals surface area contributed by atoms with Gasteiger partial charge in [0.15, 0.2) is 0 Å². The number of likely N-dealkylation sites (tertiary alicyclic amines) is 1. The first kappa shape index (κ1) is 48.5. The summed E-state index contributed by atoms with van der Waals surface area (Å²) >= 11 is 0. The molecule has 0 radical (unpaired) electrons. The highest BCUT2D eigenvalue weighted by Gasteiger charge is 2.64. The van der Waals surface area contributed by atoms with Crippen molar-refractivity contribution >= 4 is 0 Å². The molecule has 13 aliphatic rings. The molecular formula is C69H94N2O. The quantitative estimate of drug-likeness (QED) is 0.192. The van der Waals surface area contributed by atoms with Crippen LogP contribution >= 0.6 is 0 Å². The van der Waals surface area contributed by atoms with Crippen molar-refractivity contribution in [3.8, 4) is 0 Å². The van der Waals surface area contributed by atoms with Crippen molar-refractivity contribution in [3.63, 3.8) is 0 Å². The van der Waals surface area contributed by atoms with Crippen LogP contribution in [0.4, 0.5) is 0 Å². The topological polar surface area (TPSA) is 15.7 Å². The first-order chi connectivity index (χ1) is 35.6. The van der Waals surface area contributed by atoms with E-state index in [1.807, 2.05) is 17.2 Å². The lowest BCUT2D eigenvalue weighted by molar-refractivity contribution is -0.00386. The molecule has 0 aromatic rings. The second-order valence-electron chi connectivity index (χ2n) is 26.2. The zero-order chi connectivity index (χ0) is 48.0. The summed E-state index contributed by atoms with van der Waals surface area (Å²) < 4.78 is 6.91. The standard InChI is InChI=1S/C69H94N2O/c1-2-48-29-39-59(40-30-48)72-60-41-34-54(35-42-60)69(53-20-8-4-9-21-53)65-27-14-12-25-61(65)62-43-38-58(47-66(62)69)70(57-24-16-19-51(45-57)49-17-6-3-7-18-49)56-36-31-50(32-37-56)52-33-44-68-64(46-52)63-26-13-15-28-67(63)71(68)55-22-10-5-11-23-55/h2-3,6,14,19,22,27,29-31,34,38-39,43,46,49,53,56-68H,1,4-5,7-13,15-18,20-21,23-26,28,32-33,35-37,40-42,44-45,47H2. The molecule has 13 rings (SSSR count). The molecule has 12 aliphatic carbocycles. The van der Waals surface area contributed by atoms with E-state index < -0.39 is 0 Å². The Bertz CT molecular complexity index is 2300. The molecule has 3 heteroatoms. The normalized spacial score (nSPS) is 42.0. The first-order valence-corrected chi connectivity index (χ1v) is 31.3. The van der Waals surface area contributed by atoms with Crippen LogP contribution in [0.5, 0.6) is 0 Å². The van der Waals surface area contributed by atoms with Crippen molar-refractivity contribution in [1.29, 1.82) is 0 Å². The Balaban J connectivity index is 0.804. The summed E-state index contributed by atoms with van der Waals surface area (Å²) in [6.45, 7) is 4.01. The lowest BCUT2D eigenvalue weighted by atomic mass is 9.52. The van der Waals surface area contributed by atoms with Gasteiger partial charge in [0.1, 0.15) is 0 Å². The van der Waals surface area contributed by atoms with Crippen molar-refractivity contribution in [1.82, 2.24) is 9.80 Å². The molecule has 3 saturated carbocycles. The zero-order valence-electron chi connectivity index (χ0n) is 44.8. The van der Waals surface area contributed by atoms with Crippen molar-refractivity contribution < 1.29 is 4.74 Å². The summed E-state index contributed by atoms with van der Waals surface area (Å²) in [6.07, 6.45) is 80.9. The van der Waals surface area contributed by atoms with Gasteiger partial charge in [0.2, 0.25) is 0 Å². The lowest BCUT2D eigenvalue weighted by Gasteiger charge is -2.54. The van der Waals surface area contributed by atoms with E-state index in [2.05, 4.69) is 101 Å². The summed E-state index contributed by atoms with van der Waals surface area (Å²) in [5.41, 5.74) is 10.5. The van der Waals surface area contributed by atoms with Gasteiger partial charge in [-0.05, 0) is 225 Å². The van der Waals surface area contributed by atoms with E-state index in [-0.39, 0.29) is 11.5 Å². The van der Waals surface area contributed by atoms with Crippen LogP contribution < -0.4 is 0 Å². The minimum absolute atomic E-state index is 0.200. The summed E-state index contributed by atoms with van der Waals surface area (Å²) in [5.74, 6) is 6.16. The summed E-state index contributed by atoms with van der Waals surface area (Å²) in [7, 11) is 0. The fourth-order valence-corrected chi connectivity index (χ4v) is 19.9. The molecule has 0 amide bonds. The predicted octanol–water partition coefficient (Wildman–Crippen LogP) is 17.3. The highest BCUT2D eigenvalue weighted by molar-refractivity contribution is 5.39. The molecule has 0 aromatic carbocycles. The molecule has 1 aliphatic heterocycles. The van der Waals surface area contributed by atoms with Gasteiger partial charge >= 0.3 is 0 Å². The third kappa shape index (κ3) is 9.07. The Kier molecular flexibility index (Phi) is 14.5. The minimum Gasteiger partial charge on any atom is -0.370 e. The monoisotopic (exact) mass is 967 g/mol. The second-order valence-corrected chi connectivity index (χ2v) is 26.2. The van der Waals surface area contributed by atoms with Gasteiger partial charge in [-0.3, -0.25) is 4.90 Å². The molecule has 15 unspecified atom stereocenters. The van der Waals surface area contributed by atoms with Crippen LogP contribution in [0.25, 0.3) is 0 Å². The number of ether oxygens (including phenoxy) is 1. The molecule has 0 bridgehead atoms. The fourth-order valence-electron chi connectivity index (χ4n) is 19.9. The van der Waals surface area contributed by atoms with E-state index in [9.17, 15) is 0 Å². The van der Waals surface area contributed by atoms with E-state index in [0.717, 1.165) is 60.4 Å². The summed E-state index contributed by atoms with van der Waals surface area (Å²) in [6, 6.07) is 3.40. The van der Waals surface area contributed by atoms with Crippen molar-refractivity contribution in [2.45, 2.75) is 241 Å². The van der Waals surface area contributed by atoms with Crippen LogP contribution in [0.3, 0.4) is 0 Å². The van der Waals surface area contributed by atoms with Gasteiger partial charge in [0.25, 0.3) is 0 Å². The van der Waals surface area contributed by atoms with Crippen LogP contribution in [0.1, 0.15) is 199 Å². The molecule has 72 heavy (non-hydrogen) atoms. The van der Waals surface area contributed by atoms with Crippen LogP contribution in [0.2, 0.25) is 0 Å². The minimum atomic E-state index is 0.200. The third-order valence-electron chi connectivity index (χ3n) is 22.9. The van der Waals surface area contributed by atoms with E-state index in [1.165, 1.54) is 192 Å². The largest absolute Gasteiger partial charge is 0.370 e. The first-order valence-electron chi connectivity index (χ1n) is 31.3. The molecular weight excluding hydrogens is 873 g/mol. The maximum absolute atomic E-state index is 6.91. The molecule has 15 atom stereocenters. The average molecular weight is 968 g/mol. The molecule has 0 aromatic heterocycles. The van der Waals surface area contributed by atoms with Crippen molar-refractivity contribution in [2.24, 2.45) is 52.8 Å². The van der Waals surface area contributed by atoms with Crippen LogP contribution in [-0.4, -0.2) is 52.2 Å². The fraction of sp³-hybridized carbons (Fsp3) is 0.681. The Morgan fingerprint density at radius 2 is 1.51 bits per heavy atom. The lowest BCUT2D eigenvalue weighted by Crippen LogP contribution is -2.53. The number of rotatable bonds is 11. The molecule has 3 nitrogen and oxygen atoms in total. The van der Waals surface area contributed by atoms with Crippen molar-refractivity contribution in [2.75, 3.05) is 0 Å². The number of allylic oxidation sites excluding steroid dienone is 14. The SMILES string of the molecule is C=CC1=CCC(OC2CC=C(C3(C4CCCCC4)C4C=CCCC4C4C=CC(N(C5CC=C(C6=CC7C8CCCCC8N(C8=CCCCC8)C7CC6)CC5)C5CCC=C(C6CC=CCC6)C5)CC43)CC2)C=C1. The number of hydrogen-bond donors (Lipinski definition) is 0. The van der Waals surface area contributed by atoms with E-state index in [0.29, 0.717) is 36.1 Å². The van der Waals surface area contributed by atoms with Gasteiger partial charge in [-0.25, -0.2) is 0 Å². The molecule has 1 heterocycles. The molecule has 0 spiro atoms. The summed E-state index contributed by atoms with van der Waals surface area (Å²) in [5, 5.41) is 0. The number of fused-ring (bicyclic) bond motifs is 6. The summed E-state index contributed by atoms with van der Waals surface area (Å²) in [4.78, 5) is 6.34. The van der Waals surface area contributed by atoms with Crippen molar-refractivity contribution in [3.05, 3.63) is 131 Å². The Labute approximate surface area is 438 Å². The van der Waals surface area contributed by atoms with Gasteiger partial charge in [-0.15, -0.1) is 0 Å². The predicted molar refractivity (Wildman–Crippen MR) is 300 cm³/mol. The second kappa shape index (κ2) is 21.5. The maximum atomic E-state index is 6.91. The van der Waals surface area contributed by atoms with Crippen LogP contribution in [0.15, 0.2) is 131 Å². The van der Waals surface area contributed by atoms with Gasteiger partial charge in [-0.1, -0.05) is 141 Å². The molecule has 1 saturated heterocycles. The van der Waals surface area contributed by atoms with Crippen LogP contribution in [-0.2, 0) is 4.74 Å². The highest BCUT2D eigenvalue weighted by Crippen LogP contribution is 2.70. The average Bonchev–Trinajstić information content (AvgIpc) is 3.95. The van der Waals surface area contributed by atoms with Crippen LogP contribution in [0, 0.1) is 52.8 Å². The third-order valence-corrected chi connectivity index (χ3v) is 22.9. The van der Waals surface area contributed by atoms with Gasteiger partial charge in [-0.2, -0.15) is 0 Å². The molecule has 386 valence electrons. The van der Waals surface area contributed by atoms with E-state index in [4.69, 9.17) is 4.74 Å². The number of hydrogen-bond acceptors (Lipinski definition) is 3. The Hall–Kier alpha value is -3.14. The van der Waals surface area contributed by atoms with Gasteiger partial charge in [0, 0.05) is 47.2 Å². The Morgan fingerprint density at radius 1 is 0.611 bits per heavy atom. The molecule has 4 fully saturated rings.